The summed E-state index contributed by atoms with van der Waals surface area (Å²) in [5.74, 6) is -2.96. The molecule has 5 saturated carbocycles. The van der Waals surface area contributed by atoms with E-state index in [1.165, 1.54) is 0 Å². The number of carbonyl (C=O) groups is 2. The van der Waals surface area contributed by atoms with Crippen molar-refractivity contribution in [1.29, 1.82) is 5.26 Å². The van der Waals surface area contributed by atoms with Crippen LogP contribution in [0.1, 0.15) is 114 Å². The number of carbonyl (C=O) groups excluding carboxylic acids is 2. The number of aryl methyl sites for hydroxylation is 1. The van der Waals surface area contributed by atoms with Gasteiger partial charge in [-0.1, -0.05) is 64.1 Å². The molecule has 3 saturated heterocycles. The lowest BCUT2D eigenvalue weighted by atomic mass is 9.49. The van der Waals surface area contributed by atoms with Gasteiger partial charge in [-0.25, -0.2) is 4.79 Å². The van der Waals surface area contributed by atoms with Crippen LogP contribution in [0.4, 0.5) is 0 Å². The van der Waals surface area contributed by atoms with Crippen molar-refractivity contribution < 1.29 is 63.9 Å². The second-order valence-electron chi connectivity index (χ2n) is 24.1. The van der Waals surface area contributed by atoms with E-state index < -0.39 is 87.3 Å². The van der Waals surface area contributed by atoms with Crippen LogP contribution in [0, 0.1) is 64.6 Å². The quantitative estimate of drug-likeness (QED) is 0.111. The van der Waals surface area contributed by atoms with Crippen LogP contribution in [0.2, 0.25) is 0 Å². The van der Waals surface area contributed by atoms with E-state index in [9.17, 15) is 45.5 Å². The number of hydrogen-bond donors (Lipinski definition) is 6. The summed E-state index contributed by atoms with van der Waals surface area (Å²) >= 11 is 6.68. The minimum absolute atomic E-state index is 0.0563. The van der Waals surface area contributed by atoms with Crippen LogP contribution in [0.25, 0.3) is 0 Å². The molecule has 75 heavy (non-hydrogen) atoms. The highest BCUT2D eigenvalue weighted by atomic mass is 79.9. The van der Waals surface area contributed by atoms with Gasteiger partial charge in [0.15, 0.2) is 6.10 Å². The molecule has 4 bridgehead atoms. The van der Waals surface area contributed by atoms with Crippen molar-refractivity contribution in [2.45, 2.75) is 151 Å². The number of para-hydroxylation sites is 1. The van der Waals surface area contributed by atoms with Gasteiger partial charge in [-0.2, -0.15) is 5.26 Å². The van der Waals surface area contributed by atoms with E-state index >= 15 is 0 Å². The Morgan fingerprint density at radius 2 is 1.57 bits per heavy atom. The van der Waals surface area contributed by atoms with E-state index in [0.29, 0.717) is 72.9 Å². The Morgan fingerprint density at radius 3 is 2.25 bits per heavy atom. The second kappa shape index (κ2) is 18.9. The van der Waals surface area contributed by atoms with Gasteiger partial charge in [0.1, 0.15) is 45.7 Å². The summed E-state index contributed by atoms with van der Waals surface area (Å²) in [6, 6.07) is 23.1. The zero-order chi connectivity index (χ0) is 54.1. The van der Waals surface area contributed by atoms with Crippen molar-refractivity contribution in [3.8, 4) is 23.3 Å². The van der Waals surface area contributed by atoms with Gasteiger partial charge in [0, 0.05) is 60.7 Å². The second-order valence-corrected chi connectivity index (χ2v) is 26.9. The lowest BCUT2D eigenvalue weighted by Crippen LogP contribution is -2.85. The van der Waals surface area contributed by atoms with Gasteiger partial charge >= 0.3 is 11.9 Å². The van der Waals surface area contributed by atoms with Crippen molar-refractivity contribution in [2.75, 3.05) is 20.2 Å². The van der Waals surface area contributed by atoms with Gasteiger partial charge in [0.05, 0.1) is 33.7 Å². The highest BCUT2D eigenvalue weighted by Crippen LogP contribution is 2.78. The summed E-state index contributed by atoms with van der Waals surface area (Å²) in [5, 5.41) is 84.2. The topological polar surface area (TPSA) is 229 Å². The van der Waals surface area contributed by atoms with Crippen LogP contribution in [-0.4, -0.2) is 120 Å². The maximum Gasteiger partial charge on any atom is 0.338 e. The number of fused-ring (bicyclic) bond motifs is 5. The molecule has 1 spiro atoms. The summed E-state index contributed by atoms with van der Waals surface area (Å²) in [6.45, 7) is 12.5. The van der Waals surface area contributed by atoms with E-state index in [2.05, 4.69) is 49.8 Å². The number of methoxy groups -OCH3 is 1. The average Bonchev–Trinajstić information content (AvgIpc) is 4.09. The first kappa shape index (κ1) is 54.4. The van der Waals surface area contributed by atoms with Gasteiger partial charge in [0.25, 0.3) is 0 Å². The third kappa shape index (κ3) is 8.19. The van der Waals surface area contributed by atoms with Gasteiger partial charge < -0.3 is 54.3 Å². The molecule has 8 aliphatic rings. The van der Waals surface area contributed by atoms with Crippen LogP contribution in [0.5, 0.6) is 17.2 Å². The molecule has 3 heterocycles. The molecule has 0 aromatic heterocycles. The SMILES string of the molecule is CC1(C)[C@H](C(=O)O[C@H](C#N)c2cccc(Oc3ccccc3)c2)[C@@H]1C=C(Br)Br.COc1ccc(C(=O)O[C@H]2CC[C@@]3(C)[C@@H]4CC[C@@H]5C3(C[C@@]3(O)[C@@H]6CN7C[C@@H](C)CC[C@H]7[C@@](C)(O)[C@@]6(O)[C@@H](O)C[C@@]53O)O[C@]24O)cc1C. The van der Waals surface area contributed by atoms with Crippen molar-refractivity contribution in [3.05, 3.63) is 99.0 Å². The third-order valence-corrected chi connectivity index (χ3v) is 20.4. The number of esters is 2. The van der Waals surface area contributed by atoms with Gasteiger partial charge in [-0.3, -0.25) is 9.69 Å². The number of hydrogen-bond acceptors (Lipinski definition) is 15. The molecule has 3 aromatic rings. The Labute approximate surface area is 455 Å². The molecule has 6 N–H and O–H groups in total. The molecule has 17 atom stereocenters. The number of nitriles is 1. The van der Waals surface area contributed by atoms with Crippen LogP contribution < -0.4 is 9.47 Å². The summed E-state index contributed by atoms with van der Waals surface area (Å²) in [7, 11) is 1.56. The van der Waals surface area contributed by atoms with Crippen LogP contribution in [-0.2, 0) is 19.0 Å². The first-order chi connectivity index (χ1) is 35.2. The lowest BCUT2D eigenvalue weighted by Gasteiger charge is -2.68. The third-order valence-electron chi connectivity index (χ3n) is 19.9. The van der Waals surface area contributed by atoms with Gasteiger partial charge in [-0.15, -0.1) is 0 Å². The van der Waals surface area contributed by atoms with Crippen LogP contribution in [0.3, 0.4) is 0 Å². The number of piperidine rings is 2. The molecule has 3 aromatic carbocycles. The highest BCUT2D eigenvalue weighted by molar-refractivity contribution is 9.28. The van der Waals surface area contributed by atoms with Gasteiger partial charge in [-0.05, 0) is 150 Å². The Balaban J connectivity index is 0.000000196. The minimum atomic E-state index is -2.08. The van der Waals surface area contributed by atoms with Crippen molar-refractivity contribution >= 4 is 43.8 Å². The number of aliphatic hydroxyl groups is 6. The van der Waals surface area contributed by atoms with E-state index in [-0.39, 0.29) is 42.6 Å². The van der Waals surface area contributed by atoms with Gasteiger partial charge in [0.2, 0.25) is 11.9 Å². The van der Waals surface area contributed by atoms with Crippen LogP contribution in [0.15, 0.2) is 82.3 Å². The van der Waals surface area contributed by atoms with Crippen LogP contribution >= 0.6 is 31.9 Å². The Morgan fingerprint density at radius 1 is 0.867 bits per heavy atom. The molecule has 404 valence electrons. The molecule has 17 heteroatoms. The first-order valence-electron chi connectivity index (χ1n) is 26.3. The summed E-state index contributed by atoms with van der Waals surface area (Å²) in [4.78, 5) is 28.2. The van der Waals surface area contributed by atoms with E-state index in [1.54, 1.807) is 56.5 Å². The standard InChI is InChI=1S/C36H51NO10.C22H19Br2NO3/c1-19-6-11-26-31(4,40)35(43)25(17-37(26)16-19)33(42)18-34-24(32(33,41)15-27(35)38)10-9-23-30(34,3)13-12-28(36(23,44)47-34)46-29(39)21-7-8-22(45-5)20(2)14-21;1-22(2)17(12-19(23)24)20(22)21(26)28-18(13-25)14-7-6-10-16(11-14)27-15-8-4-3-5-9-15/h7-8,14,19,23-28,38,40-44H,6,9-13,15-18H2,1-5H3;3-12,17-18,20H,1-2H3/t19-,23-,24-,25-,26-,27-,28-,30-,31+,32+,33+,34?,35-,36-;17-,18+,20-/m00/s1. The van der Waals surface area contributed by atoms with E-state index in [0.717, 1.165) is 15.4 Å². The number of nitrogens with zero attached hydrogens (tertiary/aromatic N) is 2. The fraction of sp³-hybridized carbons (Fsp3) is 0.603. The molecule has 1 unspecified atom stereocenters. The Hall–Kier alpha value is -3.93. The van der Waals surface area contributed by atoms with Crippen molar-refractivity contribution in [3.63, 3.8) is 0 Å². The van der Waals surface area contributed by atoms with Crippen molar-refractivity contribution in [2.24, 2.45) is 46.3 Å². The molecule has 5 aliphatic carbocycles. The number of rotatable bonds is 9. The summed E-state index contributed by atoms with van der Waals surface area (Å²) in [5.41, 5.74) is -8.09. The number of aliphatic hydroxyl groups excluding tert-OH is 1. The fourth-order valence-electron chi connectivity index (χ4n) is 15.9. The number of benzene rings is 3. The normalized spacial score (nSPS) is 41.8. The monoisotopic (exact) mass is 1160 g/mol. The minimum Gasteiger partial charge on any atom is -0.496 e. The smallest absolute Gasteiger partial charge is 0.338 e. The predicted octanol–water partition coefficient (Wildman–Crippen LogP) is 8.15. The summed E-state index contributed by atoms with van der Waals surface area (Å²) < 4.78 is 30.4. The molecule has 15 nitrogen and oxygen atoms in total. The molecule has 11 rings (SSSR count). The van der Waals surface area contributed by atoms with E-state index in [1.807, 2.05) is 64.1 Å². The maximum atomic E-state index is 13.4. The summed E-state index contributed by atoms with van der Waals surface area (Å²) in [6.07, 6.45) is 1.31. The zero-order valence-electron chi connectivity index (χ0n) is 43.5. The Kier molecular flexibility index (Phi) is 13.7. The average molecular weight is 1160 g/mol. The molecule has 3 aliphatic heterocycles. The molecular formula is C58H70Br2N2O13. The highest BCUT2D eigenvalue weighted by Gasteiger charge is 2.89. The maximum absolute atomic E-state index is 13.4. The number of ether oxygens (including phenoxy) is 5. The predicted molar refractivity (Wildman–Crippen MR) is 281 cm³/mol. The molecule has 8 fully saturated rings. The Bertz CT molecular complexity index is 2800. The zero-order valence-corrected chi connectivity index (χ0v) is 46.7. The molecule has 0 radical (unpaired) electrons. The molecule has 0 amide bonds. The first-order valence-corrected chi connectivity index (χ1v) is 27.9. The number of halogens is 2. The fourth-order valence-corrected chi connectivity index (χ4v) is 16.5. The lowest BCUT2D eigenvalue weighted by molar-refractivity contribution is -0.354. The van der Waals surface area contributed by atoms with E-state index in [4.69, 9.17) is 23.7 Å². The largest absolute Gasteiger partial charge is 0.496 e. The number of allylic oxidation sites excluding steroid dienone is 1. The van der Waals surface area contributed by atoms with Crippen molar-refractivity contribution in [1.82, 2.24) is 4.90 Å². The molecular weight excluding hydrogens is 1090 g/mol.